The first-order valence-corrected chi connectivity index (χ1v) is 7.01. The summed E-state index contributed by atoms with van der Waals surface area (Å²) in [5.74, 6) is -0.439. The first kappa shape index (κ1) is 14.6. The molecule has 2 N–H and O–H groups in total. The smallest absolute Gasteiger partial charge is 0.372 e. The second-order valence-electron chi connectivity index (χ2n) is 5.27. The number of hydrogen-bond donors (Lipinski definition) is 2. The number of carboxylic acids is 1. The predicted molar refractivity (Wildman–Crippen MR) is 78.9 cm³/mol. The Morgan fingerprint density at radius 3 is 2.70 bits per heavy atom. The maximum Gasteiger partial charge on any atom is 0.372 e. The van der Waals surface area contributed by atoms with Crippen molar-refractivity contribution >= 4 is 16.9 Å². The van der Waals surface area contributed by atoms with Gasteiger partial charge in [-0.15, -0.1) is 0 Å². The van der Waals surface area contributed by atoms with Gasteiger partial charge in [-0.05, 0) is 18.9 Å². The summed E-state index contributed by atoms with van der Waals surface area (Å²) in [6.45, 7) is 6.96. The van der Waals surface area contributed by atoms with E-state index in [0.717, 1.165) is 17.4 Å². The maximum atomic E-state index is 11.3. The van der Waals surface area contributed by atoms with E-state index in [4.69, 9.17) is 4.42 Å². The van der Waals surface area contributed by atoms with Crippen LogP contribution in [-0.2, 0) is 6.54 Å². The van der Waals surface area contributed by atoms with Crippen LogP contribution in [0.4, 0.5) is 0 Å². The van der Waals surface area contributed by atoms with Crippen molar-refractivity contribution in [3.63, 3.8) is 0 Å². The largest absolute Gasteiger partial charge is 0.475 e. The minimum atomic E-state index is -1.02. The zero-order valence-corrected chi connectivity index (χ0v) is 12.1. The van der Waals surface area contributed by atoms with Crippen molar-refractivity contribution in [2.24, 2.45) is 5.92 Å². The summed E-state index contributed by atoms with van der Waals surface area (Å²) in [7, 11) is 0. The van der Waals surface area contributed by atoms with Gasteiger partial charge in [0.1, 0.15) is 5.58 Å². The normalized spacial score (nSPS) is 14.3. The maximum absolute atomic E-state index is 11.3. The summed E-state index contributed by atoms with van der Waals surface area (Å²) in [6.07, 6.45) is 1.09. The average molecular weight is 275 g/mol. The molecule has 20 heavy (non-hydrogen) atoms. The Bertz CT molecular complexity index is 603. The molecule has 0 saturated carbocycles. The Labute approximate surface area is 118 Å². The molecule has 0 bridgehead atoms. The highest BCUT2D eigenvalue weighted by Gasteiger charge is 2.20. The lowest BCUT2D eigenvalue weighted by Gasteiger charge is -2.19. The third-order valence-electron chi connectivity index (χ3n) is 3.99. The van der Waals surface area contributed by atoms with Crippen LogP contribution in [0, 0.1) is 5.92 Å². The number of carbonyl (C=O) groups is 1. The van der Waals surface area contributed by atoms with E-state index in [0.29, 0.717) is 24.1 Å². The molecule has 1 heterocycles. The zero-order chi connectivity index (χ0) is 14.7. The summed E-state index contributed by atoms with van der Waals surface area (Å²) in [6, 6.07) is 7.76. The van der Waals surface area contributed by atoms with Gasteiger partial charge in [0.2, 0.25) is 5.76 Å². The molecule has 2 unspecified atom stereocenters. The van der Waals surface area contributed by atoms with Gasteiger partial charge in [-0.2, -0.15) is 0 Å². The van der Waals surface area contributed by atoms with Crippen molar-refractivity contribution in [3.05, 3.63) is 35.6 Å². The van der Waals surface area contributed by atoms with Crippen LogP contribution in [-0.4, -0.2) is 17.1 Å². The fourth-order valence-corrected chi connectivity index (χ4v) is 2.26. The van der Waals surface area contributed by atoms with Gasteiger partial charge < -0.3 is 14.8 Å². The number of nitrogens with one attached hydrogen (secondary N) is 1. The van der Waals surface area contributed by atoms with Gasteiger partial charge in [0, 0.05) is 23.5 Å². The zero-order valence-electron chi connectivity index (χ0n) is 12.1. The van der Waals surface area contributed by atoms with Crippen LogP contribution in [0.25, 0.3) is 11.0 Å². The molecule has 0 saturated heterocycles. The van der Waals surface area contributed by atoms with Gasteiger partial charge in [-0.25, -0.2) is 4.79 Å². The number of furan rings is 1. The molecule has 0 fully saturated rings. The number of fused-ring (bicyclic) bond motifs is 1. The van der Waals surface area contributed by atoms with Crippen LogP contribution >= 0.6 is 0 Å². The highest BCUT2D eigenvalue weighted by atomic mass is 16.4. The number of hydrogen-bond acceptors (Lipinski definition) is 3. The summed E-state index contributed by atoms with van der Waals surface area (Å²) in [5, 5.41) is 13.5. The lowest BCUT2D eigenvalue weighted by atomic mass is 10.0. The van der Waals surface area contributed by atoms with Crippen molar-refractivity contribution < 1.29 is 14.3 Å². The monoisotopic (exact) mass is 275 g/mol. The number of benzene rings is 1. The van der Waals surface area contributed by atoms with Gasteiger partial charge >= 0.3 is 5.97 Å². The Morgan fingerprint density at radius 2 is 2.05 bits per heavy atom. The van der Waals surface area contributed by atoms with Gasteiger partial charge in [0.25, 0.3) is 0 Å². The topological polar surface area (TPSA) is 62.5 Å². The van der Waals surface area contributed by atoms with Crippen LogP contribution in [0.5, 0.6) is 0 Å². The van der Waals surface area contributed by atoms with Crippen LogP contribution in [0.3, 0.4) is 0 Å². The van der Waals surface area contributed by atoms with Gasteiger partial charge in [0.05, 0.1) is 0 Å². The van der Waals surface area contributed by atoms with E-state index in [1.54, 1.807) is 6.07 Å². The Balaban J connectivity index is 2.28. The quantitative estimate of drug-likeness (QED) is 0.844. The van der Waals surface area contributed by atoms with E-state index in [1.165, 1.54) is 0 Å². The minimum absolute atomic E-state index is 0.0371. The highest BCUT2D eigenvalue weighted by molar-refractivity contribution is 5.95. The number of aromatic carboxylic acids is 1. The molecular weight excluding hydrogens is 254 g/mol. The lowest BCUT2D eigenvalue weighted by molar-refractivity contribution is 0.0663. The summed E-state index contributed by atoms with van der Waals surface area (Å²) in [5.41, 5.74) is 1.35. The number of rotatable bonds is 6. The van der Waals surface area contributed by atoms with Crippen LogP contribution in [0.2, 0.25) is 0 Å². The molecule has 0 radical (unpaired) electrons. The van der Waals surface area contributed by atoms with E-state index >= 15 is 0 Å². The Kier molecular flexibility index (Phi) is 4.45. The van der Waals surface area contributed by atoms with E-state index in [-0.39, 0.29) is 5.76 Å². The van der Waals surface area contributed by atoms with Crippen LogP contribution in [0.1, 0.15) is 43.3 Å². The van der Waals surface area contributed by atoms with Crippen LogP contribution in [0.15, 0.2) is 28.7 Å². The molecule has 0 aliphatic heterocycles. The van der Waals surface area contributed by atoms with E-state index in [9.17, 15) is 9.90 Å². The van der Waals surface area contributed by atoms with Gasteiger partial charge in [-0.3, -0.25) is 0 Å². The fourth-order valence-electron chi connectivity index (χ4n) is 2.26. The number of carboxylic acid groups (broad SMARTS) is 1. The van der Waals surface area contributed by atoms with E-state index in [2.05, 4.69) is 26.1 Å². The minimum Gasteiger partial charge on any atom is -0.475 e. The first-order chi connectivity index (χ1) is 9.54. The Hall–Kier alpha value is -1.81. The van der Waals surface area contributed by atoms with Gasteiger partial charge in [0.15, 0.2) is 0 Å². The number of para-hydroxylation sites is 1. The fraction of sp³-hybridized carbons (Fsp3) is 0.438. The van der Waals surface area contributed by atoms with Gasteiger partial charge in [-0.1, -0.05) is 38.5 Å². The molecule has 0 aliphatic carbocycles. The third kappa shape index (κ3) is 2.85. The van der Waals surface area contributed by atoms with E-state index < -0.39 is 5.97 Å². The third-order valence-corrected chi connectivity index (χ3v) is 3.99. The molecule has 0 amide bonds. The molecule has 108 valence electrons. The molecule has 1 aromatic heterocycles. The molecule has 2 atom stereocenters. The van der Waals surface area contributed by atoms with Crippen molar-refractivity contribution in [2.45, 2.75) is 39.8 Å². The summed E-state index contributed by atoms with van der Waals surface area (Å²) >= 11 is 0. The molecule has 2 rings (SSSR count). The molecule has 1 aromatic carbocycles. The Morgan fingerprint density at radius 1 is 1.35 bits per heavy atom. The molecule has 4 nitrogen and oxygen atoms in total. The molecule has 2 aromatic rings. The molecule has 4 heteroatoms. The standard InChI is InChI=1S/C16H21NO3/c1-4-10(2)11(3)17-9-13-12-7-5-6-8-14(12)20-15(13)16(18)19/h5-8,10-11,17H,4,9H2,1-3H3,(H,18,19). The van der Waals surface area contributed by atoms with Crippen LogP contribution < -0.4 is 5.32 Å². The lowest BCUT2D eigenvalue weighted by Crippen LogP contribution is -2.31. The highest BCUT2D eigenvalue weighted by Crippen LogP contribution is 2.26. The van der Waals surface area contributed by atoms with Crippen molar-refractivity contribution in [3.8, 4) is 0 Å². The van der Waals surface area contributed by atoms with E-state index in [1.807, 2.05) is 18.2 Å². The average Bonchev–Trinajstić information content (AvgIpc) is 2.82. The first-order valence-electron chi connectivity index (χ1n) is 7.01. The molecular formula is C16H21NO3. The van der Waals surface area contributed by atoms with Crippen molar-refractivity contribution in [2.75, 3.05) is 0 Å². The second kappa shape index (κ2) is 6.09. The SMILES string of the molecule is CCC(C)C(C)NCc1c(C(=O)O)oc2ccccc12. The summed E-state index contributed by atoms with van der Waals surface area (Å²) in [4.78, 5) is 11.3. The second-order valence-corrected chi connectivity index (χ2v) is 5.27. The molecule has 0 aliphatic rings. The summed E-state index contributed by atoms with van der Waals surface area (Å²) < 4.78 is 5.44. The van der Waals surface area contributed by atoms with Crippen molar-refractivity contribution in [1.82, 2.24) is 5.32 Å². The predicted octanol–water partition coefficient (Wildman–Crippen LogP) is 3.66. The van der Waals surface area contributed by atoms with Crippen molar-refractivity contribution in [1.29, 1.82) is 0 Å². The molecule has 0 spiro atoms.